The van der Waals surface area contributed by atoms with Crippen LogP contribution in [-0.2, 0) is 0 Å². The second kappa shape index (κ2) is 8.14. The molecule has 0 fully saturated rings. The number of urea groups is 1. The van der Waals surface area contributed by atoms with E-state index in [2.05, 4.69) is 24.5 Å². The summed E-state index contributed by atoms with van der Waals surface area (Å²) in [4.78, 5) is 22.7. The molecule has 0 aliphatic heterocycles. The van der Waals surface area contributed by atoms with E-state index in [4.69, 9.17) is 9.84 Å². The van der Waals surface area contributed by atoms with Crippen molar-refractivity contribution in [3.63, 3.8) is 0 Å². The van der Waals surface area contributed by atoms with Gasteiger partial charge in [-0.2, -0.15) is 0 Å². The molecule has 0 heterocycles. The van der Waals surface area contributed by atoms with Gasteiger partial charge in [0.05, 0.1) is 18.4 Å². The first-order chi connectivity index (χ1) is 9.93. The van der Waals surface area contributed by atoms with Crippen LogP contribution in [0.1, 0.15) is 37.0 Å². The molecule has 6 nitrogen and oxygen atoms in total. The highest BCUT2D eigenvalue weighted by Gasteiger charge is 2.11. The Balaban J connectivity index is 2.61. The lowest BCUT2D eigenvalue weighted by Crippen LogP contribution is -2.29. The highest BCUT2D eigenvalue weighted by molar-refractivity contribution is 5.94. The number of hydrogen-bond donors (Lipinski definition) is 3. The molecule has 1 rings (SSSR count). The molecule has 21 heavy (non-hydrogen) atoms. The maximum atomic E-state index is 11.8. The molecule has 0 saturated heterocycles. The van der Waals surface area contributed by atoms with Crippen molar-refractivity contribution in [3.05, 3.63) is 23.8 Å². The Bertz CT molecular complexity index is 500. The lowest BCUT2D eigenvalue weighted by Gasteiger charge is -2.12. The number of carbonyl (C=O) groups excluding carboxylic acids is 1. The number of rotatable bonds is 7. The van der Waals surface area contributed by atoms with Crippen LogP contribution in [0.25, 0.3) is 0 Å². The number of anilines is 1. The average molecular weight is 294 g/mol. The van der Waals surface area contributed by atoms with Gasteiger partial charge in [-0.15, -0.1) is 0 Å². The summed E-state index contributed by atoms with van der Waals surface area (Å²) in [6, 6.07) is 3.93. The van der Waals surface area contributed by atoms with Crippen LogP contribution in [0.3, 0.4) is 0 Å². The van der Waals surface area contributed by atoms with Gasteiger partial charge < -0.3 is 20.5 Å². The Morgan fingerprint density at radius 2 is 2.05 bits per heavy atom. The van der Waals surface area contributed by atoms with Crippen LogP contribution < -0.4 is 15.4 Å². The fourth-order valence-corrected chi connectivity index (χ4v) is 1.82. The van der Waals surface area contributed by atoms with Gasteiger partial charge in [-0.3, -0.25) is 0 Å². The van der Waals surface area contributed by atoms with E-state index in [0.29, 0.717) is 23.9 Å². The van der Waals surface area contributed by atoms with Crippen LogP contribution in [0.15, 0.2) is 18.2 Å². The number of hydrogen-bond acceptors (Lipinski definition) is 3. The number of aromatic carboxylic acids is 1. The minimum atomic E-state index is -1.06. The van der Waals surface area contributed by atoms with Crippen molar-refractivity contribution in [1.82, 2.24) is 5.32 Å². The Labute approximate surface area is 124 Å². The molecule has 3 N–H and O–H groups in total. The molecular weight excluding hydrogens is 272 g/mol. The predicted molar refractivity (Wildman–Crippen MR) is 81.0 cm³/mol. The van der Waals surface area contributed by atoms with E-state index < -0.39 is 5.97 Å². The number of methoxy groups -OCH3 is 1. The van der Waals surface area contributed by atoms with Crippen LogP contribution >= 0.6 is 0 Å². The minimum absolute atomic E-state index is 0.0888. The Morgan fingerprint density at radius 3 is 2.62 bits per heavy atom. The maximum Gasteiger partial charge on any atom is 0.335 e. The Hall–Kier alpha value is -2.24. The molecule has 0 saturated carbocycles. The lowest BCUT2D eigenvalue weighted by molar-refractivity contribution is 0.0697. The van der Waals surface area contributed by atoms with E-state index in [1.54, 1.807) is 0 Å². The zero-order valence-electron chi connectivity index (χ0n) is 12.6. The Morgan fingerprint density at radius 1 is 1.33 bits per heavy atom. The molecule has 6 heteroatoms. The van der Waals surface area contributed by atoms with Crippen LogP contribution in [0.5, 0.6) is 5.75 Å². The standard InChI is InChI=1S/C15H22N2O4/c1-10(2)5-4-8-16-15(20)17-12-9-11(14(18)19)6-7-13(12)21-3/h6-7,9-10H,4-5,8H2,1-3H3,(H,18,19)(H2,16,17,20). The molecular formula is C15H22N2O4. The Kier molecular flexibility index (Phi) is 6.52. The molecule has 0 aliphatic carbocycles. The second-order valence-corrected chi connectivity index (χ2v) is 5.14. The summed E-state index contributed by atoms with van der Waals surface area (Å²) < 4.78 is 5.10. The molecule has 116 valence electrons. The number of amides is 2. The van der Waals surface area contributed by atoms with E-state index in [0.717, 1.165) is 12.8 Å². The van der Waals surface area contributed by atoms with Crippen molar-refractivity contribution < 1.29 is 19.4 Å². The number of carboxylic acid groups (broad SMARTS) is 1. The third-order valence-electron chi connectivity index (χ3n) is 2.94. The van der Waals surface area contributed by atoms with Crippen LogP contribution in [0, 0.1) is 5.92 Å². The average Bonchev–Trinajstić information content (AvgIpc) is 2.43. The summed E-state index contributed by atoms with van der Waals surface area (Å²) in [7, 11) is 1.46. The first-order valence-electron chi connectivity index (χ1n) is 6.90. The molecule has 0 unspecified atom stereocenters. The normalized spacial score (nSPS) is 10.3. The summed E-state index contributed by atoms with van der Waals surface area (Å²) in [5.41, 5.74) is 0.421. The highest BCUT2D eigenvalue weighted by atomic mass is 16.5. The summed E-state index contributed by atoms with van der Waals surface area (Å²) in [5.74, 6) is -0.0439. The zero-order chi connectivity index (χ0) is 15.8. The molecule has 0 radical (unpaired) electrons. The van der Waals surface area contributed by atoms with E-state index >= 15 is 0 Å². The van der Waals surface area contributed by atoms with Crippen molar-refractivity contribution in [3.8, 4) is 5.75 Å². The van der Waals surface area contributed by atoms with E-state index in [1.165, 1.54) is 25.3 Å². The second-order valence-electron chi connectivity index (χ2n) is 5.14. The number of carboxylic acids is 1. The molecule has 2 amide bonds. The van der Waals surface area contributed by atoms with Crippen LogP contribution in [0.4, 0.5) is 10.5 Å². The smallest absolute Gasteiger partial charge is 0.335 e. The third kappa shape index (κ3) is 5.72. The maximum absolute atomic E-state index is 11.8. The fourth-order valence-electron chi connectivity index (χ4n) is 1.82. The molecule has 0 aliphatic rings. The summed E-state index contributed by atoms with van der Waals surface area (Å²) in [6.45, 7) is 4.83. The summed E-state index contributed by atoms with van der Waals surface area (Å²) in [6.07, 6.45) is 1.94. The van der Waals surface area contributed by atoms with Crippen molar-refractivity contribution in [2.45, 2.75) is 26.7 Å². The van der Waals surface area contributed by atoms with Gasteiger partial charge in [0, 0.05) is 6.54 Å². The first-order valence-corrected chi connectivity index (χ1v) is 6.90. The summed E-state index contributed by atoms with van der Waals surface area (Å²) >= 11 is 0. The molecule has 1 aromatic carbocycles. The molecule has 0 aromatic heterocycles. The molecule has 1 aromatic rings. The van der Waals surface area contributed by atoms with Crippen LogP contribution in [-0.4, -0.2) is 30.8 Å². The lowest BCUT2D eigenvalue weighted by atomic mass is 10.1. The zero-order valence-corrected chi connectivity index (χ0v) is 12.6. The molecule has 0 atom stereocenters. The van der Waals surface area contributed by atoms with Gasteiger partial charge in [-0.1, -0.05) is 13.8 Å². The van der Waals surface area contributed by atoms with E-state index in [1.807, 2.05) is 0 Å². The van der Waals surface area contributed by atoms with Gasteiger partial charge in [0.25, 0.3) is 0 Å². The van der Waals surface area contributed by atoms with Crippen LogP contribution in [0.2, 0.25) is 0 Å². The van der Waals surface area contributed by atoms with Crippen molar-refractivity contribution in [2.75, 3.05) is 19.0 Å². The number of carbonyl (C=O) groups is 2. The van der Waals surface area contributed by atoms with Gasteiger partial charge in [0.1, 0.15) is 5.75 Å². The summed E-state index contributed by atoms with van der Waals surface area (Å²) in [5, 5.41) is 14.3. The van der Waals surface area contributed by atoms with Crippen molar-refractivity contribution in [2.24, 2.45) is 5.92 Å². The van der Waals surface area contributed by atoms with Gasteiger partial charge >= 0.3 is 12.0 Å². The fraction of sp³-hybridized carbons (Fsp3) is 0.467. The molecule has 0 bridgehead atoms. The monoisotopic (exact) mass is 294 g/mol. The topological polar surface area (TPSA) is 87.7 Å². The van der Waals surface area contributed by atoms with Crippen molar-refractivity contribution >= 4 is 17.7 Å². The van der Waals surface area contributed by atoms with Gasteiger partial charge in [-0.05, 0) is 37.0 Å². The van der Waals surface area contributed by atoms with Gasteiger partial charge in [0.15, 0.2) is 0 Å². The largest absolute Gasteiger partial charge is 0.495 e. The number of nitrogens with one attached hydrogen (secondary N) is 2. The minimum Gasteiger partial charge on any atom is -0.495 e. The van der Waals surface area contributed by atoms with E-state index in [-0.39, 0.29) is 11.6 Å². The third-order valence-corrected chi connectivity index (χ3v) is 2.94. The quantitative estimate of drug-likeness (QED) is 0.675. The SMILES string of the molecule is COc1ccc(C(=O)O)cc1NC(=O)NCCCC(C)C. The first kappa shape index (κ1) is 16.8. The van der Waals surface area contributed by atoms with Gasteiger partial charge in [0.2, 0.25) is 0 Å². The van der Waals surface area contributed by atoms with E-state index in [9.17, 15) is 9.59 Å². The molecule has 0 spiro atoms. The number of benzene rings is 1. The highest BCUT2D eigenvalue weighted by Crippen LogP contribution is 2.25. The van der Waals surface area contributed by atoms with Crippen molar-refractivity contribution in [1.29, 1.82) is 0 Å². The van der Waals surface area contributed by atoms with Gasteiger partial charge in [-0.25, -0.2) is 9.59 Å². The predicted octanol–water partition coefficient (Wildman–Crippen LogP) is 2.95. The number of ether oxygens (including phenoxy) is 1.